The van der Waals surface area contributed by atoms with Crippen molar-refractivity contribution in [3.05, 3.63) is 0 Å². The third kappa shape index (κ3) is 2.51. The molecule has 1 heterocycles. The summed E-state index contributed by atoms with van der Waals surface area (Å²) in [6.45, 7) is 5.98. The highest BCUT2D eigenvalue weighted by molar-refractivity contribution is 7.80. The minimum Gasteiger partial charge on any atom is -0.304 e. The Morgan fingerprint density at radius 3 is 2.90 bits per heavy atom. The quantitative estimate of drug-likeness (QED) is 0.571. The van der Waals surface area contributed by atoms with Gasteiger partial charge in [0.15, 0.2) is 0 Å². The summed E-state index contributed by atoms with van der Waals surface area (Å²) in [5.74, 6) is 0. The van der Waals surface area contributed by atoms with Crippen molar-refractivity contribution in [2.75, 3.05) is 19.6 Å². The molecule has 1 nitrogen and oxygen atoms in total. The van der Waals surface area contributed by atoms with E-state index in [1.807, 2.05) is 0 Å². The fourth-order valence-electron chi connectivity index (χ4n) is 1.45. The minimum atomic E-state index is 0.663. The summed E-state index contributed by atoms with van der Waals surface area (Å²) in [4.78, 5) is 2.51. The van der Waals surface area contributed by atoms with E-state index in [0.717, 1.165) is 0 Å². The Hall–Kier alpha value is 0.310. The minimum absolute atomic E-state index is 0.663. The highest BCUT2D eigenvalue weighted by Crippen LogP contribution is 2.14. The first-order valence-corrected chi connectivity index (χ1v) is 4.75. The van der Waals surface area contributed by atoms with Crippen LogP contribution in [0.25, 0.3) is 0 Å². The normalized spacial score (nSPS) is 30.0. The van der Waals surface area contributed by atoms with Gasteiger partial charge in [0.1, 0.15) is 0 Å². The third-order valence-corrected chi connectivity index (χ3v) is 2.75. The van der Waals surface area contributed by atoms with Gasteiger partial charge in [-0.05, 0) is 38.9 Å². The number of nitrogens with zero attached hydrogens (tertiary/aromatic N) is 1. The molecule has 0 N–H and O–H groups in total. The van der Waals surface area contributed by atoms with Crippen molar-refractivity contribution in [3.8, 4) is 0 Å². The Balaban J connectivity index is 2.26. The van der Waals surface area contributed by atoms with E-state index in [9.17, 15) is 0 Å². The monoisotopic (exact) mass is 159 g/mol. The van der Waals surface area contributed by atoms with E-state index in [0.29, 0.717) is 5.25 Å². The molecule has 1 rings (SSSR count). The second-order valence-electron chi connectivity index (χ2n) is 3.02. The van der Waals surface area contributed by atoms with Crippen LogP contribution in [0.5, 0.6) is 0 Å². The highest BCUT2D eigenvalue weighted by atomic mass is 32.1. The van der Waals surface area contributed by atoms with Gasteiger partial charge in [-0.2, -0.15) is 12.6 Å². The molecule has 0 aromatic heterocycles. The number of rotatable bonds is 1. The van der Waals surface area contributed by atoms with E-state index < -0.39 is 0 Å². The lowest BCUT2D eigenvalue weighted by Gasteiger charge is -2.16. The predicted molar refractivity (Wildman–Crippen MR) is 48.7 cm³/mol. The molecule has 0 aliphatic carbocycles. The van der Waals surface area contributed by atoms with Crippen molar-refractivity contribution >= 4 is 12.6 Å². The summed E-state index contributed by atoms with van der Waals surface area (Å²) in [7, 11) is 0. The summed E-state index contributed by atoms with van der Waals surface area (Å²) < 4.78 is 0. The van der Waals surface area contributed by atoms with Crippen molar-refractivity contribution in [2.45, 2.75) is 31.4 Å². The number of hydrogen-bond acceptors (Lipinski definition) is 2. The van der Waals surface area contributed by atoms with Crippen LogP contribution >= 0.6 is 12.6 Å². The zero-order chi connectivity index (χ0) is 7.40. The first-order chi connectivity index (χ1) is 4.83. The average molecular weight is 159 g/mol. The molecule has 0 saturated carbocycles. The van der Waals surface area contributed by atoms with Crippen LogP contribution in [-0.4, -0.2) is 29.8 Å². The fourth-order valence-corrected chi connectivity index (χ4v) is 1.75. The van der Waals surface area contributed by atoms with Gasteiger partial charge in [-0.3, -0.25) is 0 Å². The first-order valence-electron chi connectivity index (χ1n) is 4.23. The Labute approximate surface area is 69.2 Å². The summed E-state index contributed by atoms with van der Waals surface area (Å²) in [6, 6.07) is 0. The molecule has 1 fully saturated rings. The zero-order valence-electron chi connectivity index (χ0n) is 6.71. The lowest BCUT2D eigenvalue weighted by Crippen LogP contribution is -2.24. The van der Waals surface area contributed by atoms with Gasteiger partial charge in [0.25, 0.3) is 0 Å². The van der Waals surface area contributed by atoms with Gasteiger partial charge in [0.2, 0.25) is 0 Å². The molecular weight excluding hydrogens is 142 g/mol. The fraction of sp³-hybridized carbons (Fsp3) is 1.00. The molecule has 1 atom stereocenters. The molecule has 1 aliphatic heterocycles. The third-order valence-electron chi connectivity index (χ3n) is 2.24. The lowest BCUT2D eigenvalue weighted by atomic mass is 10.2. The van der Waals surface area contributed by atoms with Crippen LogP contribution in [0.2, 0.25) is 0 Å². The van der Waals surface area contributed by atoms with Gasteiger partial charge in [-0.1, -0.05) is 6.92 Å². The molecule has 0 spiro atoms. The van der Waals surface area contributed by atoms with Gasteiger partial charge in [0, 0.05) is 5.25 Å². The highest BCUT2D eigenvalue weighted by Gasteiger charge is 2.11. The lowest BCUT2D eigenvalue weighted by molar-refractivity contribution is 0.301. The topological polar surface area (TPSA) is 3.24 Å². The maximum absolute atomic E-state index is 4.48. The van der Waals surface area contributed by atoms with Crippen molar-refractivity contribution in [3.63, 3.8) is 0 Å². The van der Waals surface area contributed by atoms with E-state index in [1.165, 1.54) is 38.9 Å². The number of hydrogen-bond donors (Lipinski definition) is 1. The summed E-state index contributed by atoms with van der Waals surface area (Å²) in [5, 5.41) is 0.663. The van der Waals surface area contributed by atoms with Crippen molar-refractivity contribution in [1.82, 2.24) is 4.90 Å². The van der Waals surface area contributed by atoms with Crippen LogP contribution in [0, 0.1) is 0 Å². The largest absolute Gasteiger partial charge is 0.304 e. The average Bonchev–Trinajstić information content (AvgIpc) is 2.14. The standard InChI is InChI=1S/C8H17NS/c1-2-9-6-3-4-8(10)5-7-9/h8,10H,2-7H2,1H3. The number of thiol groups is 1. The molecule has 60 valence electrons. The molecule has 1 aliphatic rings. The Kier molecular flexibility index (Phi) is 3.57. The van der Waals surface area contributed by atoms with E-state index in [2.05, 4.69) is 24.5 Å². The Morgan fingerprint density at radius 1 is 1.40 bits per heavy atom. The van der Waals surface area contributed by atoms with Crippen LogP contribution in [0.1, 0.15) is 26.2 Å². The van der Waals surface area contributed by atoms with Gasteiger partial charge >= 0.3 is 0 Å². The van der Waals surface area contributed by atoms with Crippen LogP contribution in [0.15, 0.2) is 0 Å². The molecule has 1 saturated heterocycles. The summed E-state index contributed by atoms with van der Waals surface area (Å²) in [6.07, 6.45) is 3.92. The summed E-state index contributed by atoms with van der Waals surface area (Å²) in [5.41, 5.74) is 0. The molecule has 0 aromatic carbocycles. The maximum atomic E-state index is 4.48. The van der Waals surface area contributed by atoms with E-state index >= 15 is 0 Å². The number of likely N-dealkylation sites (tertiary alicyclic amines) is 1. The van der Waals surface area contributed by atoms with E-state index in [-0.39, 0.29) is 0 Å². The van der Waals surface area contributed by atoms with Crippen LogP contribution in [0.4, 0.5) is 0 Å². The van der Waals surface area contributed by atoms with Crippen LogP contribution in [0.3, 0.4) is 0 Å². The Bertz CT molecular complexity index is 95.3. The Morgan fingerprint density at radius 2 is 2.20 bits per heavy atom. The smallest absolute Gasteiger partial charge is 0.00294 e. The second-order valence-corrected chi connectivity index (χ2v) is 3.75. The van der Waals surface area contributed by atoms with Crippen LogP contribution in [-0.2, 0) is 0 Å². The summed E-state index contributed by atoms with van der Waals surface area (Å²) >= 11 is 4.48. The van der Waals surface area contributed by atoms with Crippen molar-refractivity contribution in [2.24, 2.45) is 0 Å². The molecular formula is C8H17NS. The molecule has 0 bridgehead atoms. The first kappa shape index (κ1) is 8.41. The van der Waals surface area contributed by atoms with Crippen molar-refractivity contribution < 1.29 is 0 Å². The van der Waals surface area contributed by atoms with Gasteiger partial charge < -0.3 is 4.90 Å². The molecule has 0 amide bonds. The van der Waals surface area contributed by atoms with Gasteiger partial charge in [-0.25, -0.2) is 0 Å². The second kappa shape index (κ2) is 4.24. The molecule has 10 heavy (non-hydrogen) atoms. The SMILES string of the molecule is CCN1CCCC(S)CC1. The molecule has 0 aromatic rings. The predicted octanol–water partition coefficient (Wildman–Crippen LogP) is 1.79. The molecule has 1 unspecified atom stereocenters. The zero-order valence-corrected chi connectivity index (χ0v) is 7.61. The van der Waals surface area contributed by atoms with Gasteiger partial charge in [-0.15, -0.1) is 0 Å². The van der Waals surface area contributed by atoms with E-state index in [4.69, 9.17) is 0 Å². The molecule has 2 heteroatoms. The molecule has 0 radical (unpaired) electrons. The van der Waals surface area contributed by atoms with Crippen molar-refractivity contribution in [1.29, 1.82) is 0 Å². The van der Waals surface area contributed by atoms with Gasteiger partial charge in [0.05, 0.1) is 0 Å². The van der Waals surface area contributed by atoms with Crippen LogP contribution < -0.4 is 0 Å². The maximum Gasteiger partial charge on any atom is 0.00294 e. The van der Waals surface area contributed by atoms with E-state index in [1.54, 1.807) is 0 Å².